The predicted molar refractivity (Wildman–Crippen MR) is 82.8 cm³/mol. The molecule has 5 nitrogen and oxygen atoms in total. The van der Waals surface area contributed by atoms with Crippen LogP contribution in [-0.2, 0) is 18.4 Å². The van der Waals surface area contributed by atoms with Crippen molar-refractivity contribution in [1.82, 2.24) is 19.8 Å². The molecule has 1 fully saturated rings. The molecule has 3 rings (SSSR count). The lowest BCUT2D eigenvalue weighted by Crippen LogP contribution is -2.42. The number of aromatic nitrogens is 2. The summed E-state index contributed by atoms with van der Waals surface area (Å²) >= 11 is 0. The van der Waals surface area contributed by atoms with Gasteiger partial charge < -0.3 is 9.88 Å². The van der Waals surface area contributed by atoms with Gasteiger partial charge in [0.1, 0.15) is 5.82 Å². The summed E-state index contributed by atoms with van der Waals surface area (Å²) in [5.74, 6) is 1.33. The Morgan fingerprint density at radius 2 is 2.24 bits per heavy atom. The van der Waals surface area contributed by atoms with E-state index < -0.39 is 0 Å². The second-order valence-corrected chi connectivity index (χ2v) is 5.76. The molecular formula is C16H22N4O. The van der Waals surface area contributed by atoms with Crippen LogP contribution in [0.5, 0.6) is 0 Å². The summed E-state index contributed by atoms with van der Waals surface area (Å²) in [6, 6.07) is 8.19. The molecule has 112 valence electrons. The van der Waals surface area contributed by atoms with Gasteiger partial charge >= 0.3 is 0 Å². The Labute approximate surface area is 125 Å². The molecule has 1 aliphatic rings. The van der Waals surface area contributed by atoms with Crippen molar-refractivity contribution >= 4 is 16.9 Å². The van der Waals surface area contributed by atoms with E-state index in [1.807, 2.05) is 18.2 Å². The van der Waals surface area contributed by atoms with Gasteiger partial charge in [0.25, 0.3) is 0 Å². The van der Waals surface area contributed by atoms with Crippen LogP contribution in [-0.4, -0.2) is 40.5 Å². The summed E-state index contributed by atoms with van der Waals surface area (Å²) in [6.45, 7) is 2.66. The van der Waals surface area contributed by atoms with E-state index in [4.69, 9.17) is 4.98 Å². The fourth-order valence-electron chi connectivity index (χ4n) is 3.15. The third kappa shape index (κ3) is 2.78. The van der Waals surface area contributed by atoms with Gasteiger partial charge in [-0.1, -0.05) is 12.1 Å². The third-order valence-electron chi connectivity index (χ3n) is 4.37. The monoisotopic (exact) mass is 286 g/mol. The molecular weight excluding hydrogens is 264 g/mol. The Morgan fingerprint density at radius 1 is 1.43 bits per heavy atom. The maximum absolute atomic E-state index is 11.8. The highest BCUT2D eigenvalue weighted by molar-refractivity contribution is 5.78. The molecule has 21 heavy (non-hydrogen) atoms. The molecule has 0 spiro atoms. The number of hydrogen-bond donors (Lipinski definition) is 1. The molecule has 1 aromatic heterocycles. The average Bonchev–Trinajstić information content (AvgIpc) is 2.83. The Kier molecular flexibility index (Phi) is 3.92. The van der Waals surface area contributed by atoms with Crippen molar-refractivity contribution in [2.75, 3.05) is 20.1 Å². The normalized spacial score (nSPS) is 19.8. The van der Waals surface area contributed by atoms with Crippen LogP contribution in [0.1, 0.15) is 18.7 Å². The molecule has 0 unspecified atom stereocenters. The number of nitrogens with one attached hydrogen (secondary N) is 1. The quantitative estimate of drug-likeness (QED) is 0.931. The first kappa shape index (κ1) is 14.1. The van der Waals surface area contributed by atoms with Gasteiger partial charge in [-0.25, -0.2) is 4.98 Å². The van der Waals surface area contributed by atoms with Crippen molar-refractivity contribution in [3.8, 4) is 0 Å². The third-order valence-corrected chi connectivity index (χ3v) is 4.37. The molecule has 1 atom stereocenters. The fraction of sp³-hybridized carbons (Fsp3) is 0.500. The Balaban J connectivity index is 1.75. The van der Waals surface area contributed by atoms with E-state index in [-0.39, 0.29) is 11.8 Å². The van der Waals surface area contributed by atoms with E-state index in [0.717, 1.165) is 49.3 Å². The summed E-state index contributed by atoms with van der Waals surface area (Å²) in [5.41, 5.74) is 2.20. The largest absolute Gasteiger partial charge is 0.359 e. The minimum Gasteiger partial charge on any atom is -0.359 e. The molecule has 0 bridgehead atoms. The first-order valence-corrected chi connectivity index (χ1v) is 7.53. The summed E-state index contributed by atoms with van der Waals surface area (Å²) in [4.78, 5) is 18.9. The van der Waals surface area contributed by atoms with Gasteiger partial charge in [0.05, 0.1) is 23.5 Å². The number of fused-ring (bicyclic) bond motifs is 1. The Morgan fingerprint density at radius 3 is 3.00 bits per heavy atom. The number of rotatable bonds is 3. The minimum atomic E-state index is 0.110. The molecule has 0 radical (unpaired) electrons. The smallest absolute Gasteiger partial charge is 0.224 e. The van der Waals surface area contributed by atoms with Crippen molar-refractivity contribution in [1.29, 1.82) is 0 Å². The highest BCUT2D eigenvalue weighted by Crippen LogP contribution is 2.20. The number of aryl methyl sites for hydroxylation is 1. The zero-order chi connectivity index (χ0) is 14.8. The van der Waals surface area contributed by atoms with E-state index in [0.29, 0.717) is 0 Å². The van der Waals surface area contributed by atoms with Crippen LogP contribution >= 0.6 is 0 Å². The summed E-state index contributed by atoms with van der Waals surface area (Å²) in [5, 5.41) is 2.77. The summed E-state index contributed by atoms with van der Waals surface area (Å²) in [7, 11) is 3.78. The number of benzene rings is 1. The summed E-state index contributed by atoms with van der Waals surface area (Å²) < 4.78 is 2.15. The lowest BCUT2D eigenvalue weighted by molar-refractivity contribution is -0.126. The molecule has 1 saturated heterocycles. The second-order valence-electron chi connectivity index (χ2n) is 5.76. The zero-order valence-electron chi connectivity index (χ0n) is 12.7. The predicted octanol–water partition coefficient (Wildman–Crippen LogP) is 1.53. The van der Waals surface area contributed by atoms with Gasteiger partial charge in [-0.05, 0) is 31.5 Å². The van der Waals surface area contributed by atoms with Crippen LogP contribution in [0.3, 0.4) is 0 Å². The van der Waals surface area contributed by atoms with Gasteiger partial charge in [0.2, 0.25) is 5.91 Å². The number of hydrogen-bond acceptors (Lipinski definition) is 3. The molecule has 1 amide bonds. The molecule has 1 N–H and O–H groups in total. The van der Waals surface area contributed by atoms with Crippen molar-refractivity contribution in [3.05, 3.63) is 30.1 Å². The molecule has 1 aromatic carbocycles. The number of piperidine rings is 1. The SMILES string of the molecule is CNC(=O)[C@H]1CCCN(Cc2nc3ccccc3n2C)C1. The molecule has 1 aliphatic heterocycles. The van der Waals surface area contributed by atoms with Gasteiger partial charge in [-0.3, -0.25) is 9.69 Å². The molecule has 2 aromatic rings. The molecule has 0 aliphatic carbocycles. The van der Waals surface area contributed by atoms with Crippen molar-refractivity contribution in [2.24, 2.45) is 13.0 Å². The number of carbonyl (C=O) groups excluding carboxylic acids is 1. The number of carbonyl (C=O) groups is 1. The Hall–Kier alpha value is -1.88. The maximum Gasteiger partial charge on any atom is 0.224 e. The van der Waals surface area contributed by atoms with E-state index in [9.17, 15) is 4.79 Å². The van der Waals surface area contributed by atoms with Crippen LogP contribution < -0.4 is 5.32 Å². The van der Waals surface area contributed by atoms with Crippen molar-refractivity contribution < 1.29 is 4.79 Å². The van der Waals surface area contributed by atoms with Gasteiger partial charge in [-0.2, -0.15) is 0 Å². The van der Waals surface area contributed by atoms with Crippen LogP contribution in [0.2, 0.25) is 0 Å². The lowest BCUT2D eigenvalue weighted by atomic mass is 9.97. The van der Waals surface area contributed by atoms with Gasteiger partial charge in [0, 0.05) is 20.6 Å². The van der Waals surface area contributed by atoms with Crippen LogP contribution in [0, 0.1) is 5.92 Å². The maximum atomic E-state index is 11.8. The second kappa shape index (κ2) is 5.85. The Bertz CT molecular complexity index is 649. The number of para-hydroxylation sites is 2. The van der Waals surface area contributed by atoms with Gasteiger partial charge in [-0.15, -0.1) is 0 Å². The van der Waals surface area contributed by atoms with Crippen LogP contribution in [0.4, 0.5) is 0 Å². The van der Waals surface area contributed by atoms with Crippen LogP contribution in [0.25, 0.3) is 11.0 Å². The van der Waals surface area contributed by atoms with Crippen molar-refractivity contribution in [3.63, 3.8) is 0 Å². The van der Waals surface area contributed by atoms with E-state index in [1.54, 1.807) is 7.05 Å². The zero-order valence-corrected chi connectivity index (χ0v) is 12.7. The number of amides is 1. The van der Waals surface area contributed by atoms with E-state index >= 15 is 0 Å². The van der Waals surface area contributed by atoms with E-state index in [1.165, 1.54) is 0 Å². The number of imidazole rings is 1. The molecule has 5 heteroatoms. The topological polar surface area (TPSA) is 50.2 Å². The average molecular weight is 286 g/mol. The van der Waals surface area contributed by atoms with E-state index in [2.05, 4.69) is 27.9 Å². The lowest BCUT2D eigenvalue weighted by Gasteiger charge is -2.31. The van der Waals surface area contributed by atoms with Crippen LogP contribution in [0.15, 0.2) is 24.3 Å². The highest BCUT2D eigenvalue weighted by Gasteiger charge is 2.25. The van der Waals surface area contributed by atoms with Gasteiger partial charge in [0.15, 0.2) is 0 Å². The standard InChI is InChI=1S/C16H22N4O/c1-17-16(21)12-6-5-9-20(10-12)11-15-18-13-7-3-4-8-14(13)19(15)2/h3-4,7-8,12H,5-6,9-11H2,1-2H3,(H,17,21)/t12-/m0/s1. The minimum absolute atomic E-state index is 0.110. The first-order chi connectivity index (χ1) is 10.2. The molecule has 2 heterocycles. The summed E-state index contributed by atoms with van der Waals surface area (Å²) in [6.07, 6.45) is 2.06. The number of likely N-dealkylation sites (tertiary alicyclic amines) is 1. The highest BCUT2D eigenvalue weighted by atomic mass is 16.1. The van der Waals surface area contributed by atoms with Crippen molar-refractivity contribution in [2.45, 2.75) is 19.4 Å². The first-order valence-electron chi connectivity index (χ1n) is 7.53. The fourth-order valence-corrected chi connectivity index (χ4v) is 3.15. The number of nitrogens with zero attached hydrogens (tertiary/aromatic N) is 3. The molecule has 0 saturated carbocycles.